The van der Waals surface area contributed by atoms with E-state index in [4.69, 9.17) is 9.47 Å². The molecule has 0 aromatic heterocycles. The first kappa shape index (κ1) is 18.6. The van der Waals surface area contributed by atoms with Crippen LogP contribution in [0.1, 0.15) is 36.8 Å². The molecule has 1 saturated heterocycles. The van der Waals surface area contributed by atoms with Crippen molar-refractivity contribution < 1.29 is 14.3 Å². The average Bonchev–Trinajstić information content (AvgIpc) is 3.50. The van der Waals surface area contributed by atoms with Gasteiger partial charge in [-0.3, -0.25) is 14.6 Å². The Labute approximate surface area is 161 Å². The average molecular weight is 373 g/mol. The lowest BCUT2D eigenvalue weighted by Crippen LogP contribution is -2.51. The lowest BCUT2D eigenvalue weighted by atomic mass is 9.95. The molecule has 27 heavy (non-hydrogen) atoms. The van der Waals surface area contributed by atoms with Gasteiger partial charge >= 0.3 is 0 Å². The molecule has 2 aliphatic heterocycles. The fourth-order valence-electron chi connectivity index (χ4n) is 4.39. The van der Waals surface area contributed by atoms with Crippen molar-refractivity contribution in [3.8, 4) is 11.5 Å². The van der Waals surface area contributed by atoms with Gasteiger partial charge < -0.3 is 14.8 Å². The minimum Gasteiger partial charge on any atom is -0.493 e. The van der Waals surface area contributed by atoms with E-state index in [0.717, 1.165) is 63.4 Å². The summed E-state index contributed by atoms with van der Waals surface area (Å²) >= 11 is 0. The maximum absolute atomic E-state index is 12.1. The Balaban J connectivity index is 1.38. The summed E-state index contributed by atoms with van der Waals surface area (Å²) in [5.41, 5.74) is 2.70. The van der Waals surface area contributed by atoms with E-state index < -0.39 is 0 Å². The third-order valence-corrected chi connectivity index (χ3v) is 6.05. The van der Waals surface area contributed by atoms with Crippen molar-refractivity contribution in [3.05, 3.63) is 23.3 Å². The molecule has 1 N–H and O–H groups in total. The van der Waals surface area contributed by atoms with E-state index >= 15 is 0 Å². The van der Waals surface area contributed by atoms with Gasteiger partial charge in [0.05, 0.1) is 20.8 Å². The number of fused-ring (bicyclic) bond motifs is 1. The van der Waals surface area contributed by atoms with Crippen LogP contribution in [-0.2, 0) is 17.8 Å². The highest BCUT2D eigenvalue weighted by Gasteiger charge is 2.30. The summed E-state index contributed by atoms with van der Waals surface area (Å²) in [6.45, 7) is 4.57. The predicted molar refractivity (Wildman–Crippen MR) is 104 cm³/mol. The molecule has 1 aromatic rings. The number of hydrogen-bond acceptors (Lipinski definition) is 5. The number of amides is 1. The fraction of sp³-hybridized carbons (Fsp3) is 0.667. The van der Waals surface area contributed by atoms with Crippen LogP contribution < -0.4 is 14.8 Å². The number of likely N-dealkylation sites (tertiary alicyclic amines) is 1. The van der Waals surface area contributed by atoms with Crippen LogP contribution in [0.2, 0.25) is 0 Å². The Morgan fingerprint density at radius 1 is 1.11 bits per heavy atom. The molecule has 1 aliphatic carbocycles. The summed E-state index contributed by atoms with van der Waals surface area (Å²) < 4.78 is 10.9. The second kappa shape index (κ2) is 8.07. The van der Waals surface area contributed by atoms with Crippen molar-refractivity contribution in [2.24, 2.45) is 0 Å². The molecule has 6 nitrogen and oxygen atoms in total. The zero-order chi connectivity index (χ0) is 18.8. The molecule has 1 aromatic carbocycles. The number of rotatable bonds is 6. The van der Waals surface area contributed by atoms with E-state index in [0.29, 0.717) is 18.6 Å². The van der Waals surface area contributed by atoms with Gasteiger partial charge in [-0.15, -0.1) is 0 Å². The molecule has 1 unspecified atom stereocenters. The van der Waals surface area contributed by atoms with Gasteiger partial charge in [0, 0.05) is 31.7 Å². The molecular formula is C21H31N3O3. The highest BCUT2D eigenvalue weighted by Crippen LogP contribution is 2.34. The number of benzene rings is 1. The normalized spacial score (nSPS) is 23.6. The van der Waals surface area contributed by atoms with Crippen LogP contribution in [0, 0.1) is 0 Å². The third-order valence-electron chi connectivity index (χ3n) is 6.05. The fourth-order valence-corrected chi connectivity index (χ4v) is 4.39. The van der Waals surface area contributed by atoms with E-state index in [1.165, 1.54) is 17.5 Å². The van der Waals surface area contributed by atoms with Crippen LogP contribution in [0.5, 0.6) is 11.5 Å². The van der Waals surface area contributed by atoms with Crippen LogP contribution in [0.3, 0.4) is 0 Å². The van der Waals surface area contributed by atoms with Crippen molar-refractivity contribution in [2.75, 3.05) is 40.4 Å². The van der Waals surface area contributed by atoms with Gasteiger partial charge in [0.25, 0.3) is 0 Å². The van der Waals surface area contributed by atoms with Gasteiger partial charge in [0.15, 0.2) is 11.5 Å². The summed E-state index contributed by atoms with van der Waals surface area (Å²) in [7, 11) is 3.38. The van der Waals surface area contributed by atoms with E-state index in [2.05, 4.69) is 27.2 Å². The van der Waals surface area contributed by atoms with Crippen LogP contribution in [0.4, 0.5) is 0 Å². The zero-order valence-electron chi connectivity index (χ0n) is 16.5. The van der Waals surface area contributed by atoms with Crippen LogP contribution in [0.15, 0.2) is 12.1 Å². The zero-order valence-corrected chi connectivity index (χ0v) is 16.5. The first-order chi connectivity index (χ1) is 13.2. The van der Waals surface area contributed by atoms with Crippen molar-refractivity contribution in [3.63, 3.8) is 0 Å². The number of hydrogen-bond donors (Lipinski definition) is 1. The quantitative estimate of drug-likeness (QED) is 0.824. The molecule has 1 amide bonds. The molecule has 1 atom stereocenters. The van der Waals surface area contributed by atoms with E-state index in [9.17, 15) is 4.79 Å². The Morgan fingerprint density at radius 3 is 2.56 bits per heavy atom. The summed E-state index contributed by atoms with van der Waals surface area (Å²) in [6, 6.07) is 5.22. The smallest absolute Gasteiger partial charge is 0.234 e. The molecule has 0 radical (unpaired) electrons. The van der Waals surface area contributed by atoms with Crippen LogP contribution in [-0.4, -0.2) is 68.2 Å². The molecule has 3 aliphatic rings. The largest absolute Gasteiger partial charge is 0.493 e. The molecule has 1 saturated carbocycles. The van der Waals surface area contributed by atoms with Crippen molar-refractivity contribution in [1.29, 1.82) is 0 Å². The standard InChI is InChI=1S/C21H31N3O3/c1-26-19-10-15-7-9-24(12-16(15)11-20(19)27-2)18-4-3-8-23(13-18)14-21(25)22-17-5-6-17/h10-11,17-18H,3-9,12-14H2,1-2H3,(H,22,25). The number of carbonyl (C=O) groups excluding carboxylic acids is 1. The number of piperidine rings is 1. The van der Waals surface area contributed by atoms with Gasteiger partial charge in [-0.05, 0) is 61.9 Å². The molecule has 2 fully saturated rings. The van der Waals surface area contributed by atoms with E-state index in [-0.39, 0.29) is 5.91 Å². The predicted octanol–water partition coefficient (Wildman–Crippen LogP) is 1.80. The van der Waals surface area contributed by atoms with Crippen LogP contribution in [0.25, 0.3) is 0 Å². The SMILES string of the molecule is COc1cc2c(cc1OC)CN(C1CCCN(CC(=O)NC3CC3)C1)CC2. The maximum Gasteiger partial charge on any atom is 0.234 e. The first-order valence-corrected chi connectivity index (χ1v) is 10.2. The number of nitrogens with one attached hydrogen (secondary N) is 1. The minimum absolute atomic E-state index is 0.193. The van der Waals surface area contributed by atoms with Gasteiger partial charge in [-0.1, -0.05) is 0 Å². The van der Waals surface area contributed by atoms with Gasteiger partial charge in [-0.25, -0.2) is 0 Å². The Morgan fingerprint density at radius 2 is 1.85 bits per heavy atom. The molecular weight excluding hydrogens is 342 g/mol. The third kappa shape index (κ3) is 4.38. The maximum atomic E-state index is 12.1. The lowest BCUT2D eigenvalue weighted by molar-refractivity contribution is -0.122. The topological polar surface area (TPSA) is 54.0 Å². The highest BCUT2D eigenvalue weighted by molar-refractivity contribution is 5.78. The second-order valence-electron chi connectivity index (χ2n) is 8.07. The van der Waals surface area contributed by atoms with E-state index in [1.54, 1.807) is 14.2 Å². The number of nitrogens with zero attached hydrogens (tertiary/aromatic N) is 2. The monoisotopic (exact) mass is 373 g/mol. The van der Waals surface area contributed by atoms with Gasteiger partial charge in [0.1, 0.15) is 0 Å². The summed E-state index contributed by atoms with van der Waals surface area (Å²) in [5, 5.41) is 3.11. The number of ether oxygens (including phenoxy) is 2. The number of methoxy groups -OCH3 is 2. The molecule has 0 spiro atoms. The minimum atomic E-state index is 0.193. The van der Waals surface area contributed by atoms with Crippen molar-refractivity contribution in [1.82, 2.24) is 15.1 Å². The van der Waals surface area contributed by atoms with Crippen LogP contribution >= 0.6 is 0 Å². The summed E-state index contributed by atoms with van der Waals surface area (Å²) in [6.07, 6.45) is 5.71. The Bertz CT molecular complexity index is 689. The van der Waals surface area contributed by atoms with Gasteiger partial charge in [-0.2, -0.15) is 0 Å². The Hall–Kier alpha value is -1.79. The molecule has 148 valence electrons. The van der Waals surface area contributed by atoms with Crippen molar-refractivity contribution in [2.45, 2.75) is 50.7 Å². The summed E-state index contributed by atoms with van der Waals surface area (Å²) in [4.78, 5) is 17.1. The second-order valence-corrected chi connectivity index (χ2v) is 8.07. The van der Waals surface area contributed by atoms with E-state index in [1.807, 2.05) is 0 Å². The Kier molecular flexibility index (Phi) is 5.55. The number of carbonyl (C=O) groups is 1. The molecule has 4 rings (SSSR count). The van der Waals surface area contributed by atoms with Crippen molar-refractivity contribution >= 4 is 5.91 Å². The molecule has 6 heteroatoms. The first-order valence-electron chi connectivity index (χ1n) is 10.2. The molecule has 2 heterocycles. The van der Waals surface area contributed by atoms with Gasteiger partial charge in [0.2, 0.25) is 5.91 Å². The lowest BCUT2D eigenvalue weighted by Gasteiger charge is -2.41. The highest BCUT2D eigenvalue weighted by atomic mass is 16.5. The molecule has 0 bridgehead atoms. The summed E-state index contributed by atoms with van der Waals surface area (Å²) in [5.74, 6) is 1.81.